The summed E-state index contributed by atoms with van der Waals surface area (Å²) >= 11 is 0. The smallest absolute Gasteiger partial charge is 0.256 e. The van der Waals surface area contributed by atoms with E-state index in [2.05, 4.69) is 9.88 Å². The van der Waals surface area contributed by atoms with Crippen LogP contribution in [0.5, 0.6) is 0 Å². The van der Waals surface area contributed by atoms with Crippen molar-refractivity contribution >= 4 is 5.91 Å². The molecule has 2 aliphatic rings. The molecule has 0 radical (unpaired) electrons. The molecule has 5 heteroatoms. The van der Waals surface area contributed by atoms with Gasteiger partial charge in [-0.15, -0.1) is 0 Å². The van der Waals surface area contributed by atoms with Crippen LogP contribution in [0.3, 0.4) is 0 Å². The van der Waals surface area contributed by atoms with Crippen molar-refractivity contribution in [1.82, 2.24) is 14.8 Å². The first-order valence-electron chi connectivity index (χ1n) is 11.8. The summed E-state index contributed by atoms with van der Waals surface area (Å²) in [7, 11) is 0. The molecule has 2 unspecified atom stereocenters. The number of hydrogen-bond acceptors (Lipinski definition) is 3. The second-order valence-electron chi connectivity index (χ2n) is 8.98. The van der Waals surface area contributed by atoms with Crippen LogP contribution in [0.1, 0.15) is 66.2 Å². The predicted molar refractivity (Wildman–Crippen MR) is 125 cm³/mol. The largest absolute Gasteiger partial charge is 0.376 e. The Morgan fingerprint density at radius 2 is 1.62 bits per heavy atom. The van der Waals surface area contributed by atoms with Crippen molar-refractivity contribution in [2.24, 2.45) is 0 Å². The maximum atomic E-state index is 13.8. The van der Waals surface area contributed by atoms with Crippen molar-refractivity contribution in [2.45, 2.75) is 63.4 Å². The Bertz CT molecular complexity index is 1050. The molecule has 166 valence electrons. The van der Waals surface area contributed by atoms with E-state index in [1.54, 1.807) is 0 Å². The van der Waals surface area contributed by atoms with E-state index in [1.165, 1.54) is 25.7 Å². The minimum absolute atomic E-state index is 0.0557. The average Bonchev–Trinajstić information content (AvgIpc) is 3.11. The molecule has 1 fully saturated rings. The number of amides is 1. The summed E-state index contributed by atoms with van der Waals surface area (Å²) in [5.41, 5.74) is 3.49. The summed E-state index contributed by atoms with van der Waals surface area (Å²) in [5, 5.41) is 15.0. The van der Waals surface area contributed by atoms with E-state index in [-0.39, 0.29) is 11.9 Å². The normalized spacial score (nSPS) is 20.2. The SMILES string of the molecule is O=C1c2ccccc2-n2cccc2C(C(O)NC2CCCCCC2)N1Cc1ccccc1. The Morgan fingerprint density at radius 3 is 2.41 bits per heavy atom. The fourth-order valence-corrected chi connectivity index (χ4v) is 5.22. The van der Waals surface area contributed by atoms with E-state index in [0.717, 1.165) is 29.8 Å². The molecule has 5 rings (SSSR count). The summed E-state index contributed by atoms with van der Waals surface area (Å²) in [5.74, 6) is -0.0557. The standard InChI is InChI=1S/C27H31N3O2/c31-26(28-21-13-6-1-2-7-14-21)25-24-17-10-18-29(24)23-16-9-8-15-22(23)27(32)30(25)19-20-11-4-3-5-12-20/h3-5,8-12,15-18,21,25-26,28,31H,1-2,6-7,13-14,19H2. The molecule has 0 spiro atoms. The third-order valence-electron chi connectivity index (χ3n) is 6.83. The molecule has 3 aromatic rings. The molecule has 2 atom stereocenters. The van der Waals surface area contributed by atoms with E-state index in [0.29, 0.717) is 12.1 Å². The highest BCUT2D eigenvalue weighted by Gasteiger charge is 2.38. The number of nitrogens with zero attached hydrogens (tertiary/aromatic N) is 2. The van der Waals surface area contributed by atoms with Crippen molar-refractivity contribution in [3.8, 4) is 5.69 Å². The molecule has 1 aliphatic carbocycles. The molecule has 32 heavy (non-hydrogen) atoms. The third-order valence-corrected chi connectivity index (χ3v) is 6.83. The number of aliphatic hydroxyl groups is 1. The summed E-state index contributed by atoms with van der Waals surface area (Å²) in [6, 6.07) is 21.5. The summed E-state index contributed by atoms with van der Waals surface area (Å²) in [6.45, 7) is 0.438. The molecule has 2 heterocycles. The second-order valence-corrected chi connectivity index (χ2v) is 8.98. The van der Waals surface area contributed by atoms with Crippen molar-refractivity contribution in [1.29, 1.82) is 0 Å². The van der Waals surface area contributed by atoms with Crippen molar-refractivity contribution < 1.29 is 9.90 Å². The van der Waals surface area contributed by atoms with Gasteiger partial charge in [0.2, 0.25) is 0 Å². The fourth-order valence-electron chi connectivity index (χ4n) is 5.22. The second kappa shape index (κ2) is 9.31. The molecular formula is C27H31N3O2. The summed E-state index contributed by atoms with van der Waals surface area (Å²) in [4.78, 5) is 15.7. The third kappa shape index (κ3) is 4.10. The van der Waals surface area contributed by atoms with Crippen LogP contribution in [-0.2, 0) is 6.54 Å². The first-order chi connectivity index (χ1) is 15.7. The lowest BCUT2D eigenvalue weighted by atomic mass is 10.0. The first-order valence-corrected chi connectivity index (χ1v) is 11.8. The van der Waals surface area contributed by atoms with Gasteiger partial charge in [-0.25, -0.2) is 0 Å². The average molecular weight is 430 g/mol. The first kappa shape index (κ1) is 21.0. The number of aliphatic hydroxyl groups excluding tert-OH is 1. The van der Waals surface area contributed by atoms with E-state index < -0.39 is 12.3 Å². The Labute approximate surface area is 189 Å². The van der Waals surface area contributed by atoms with Crippen LogP contribution in [0.2, 0.25) is 0 Å². The maximum Gasteiger partial charge on any atom is 0.256 e. The van der Waals surface area contributed by atoms with Crippen LogP contribution in [0, 0.1) is 0 Å². The zero-order valence-electron chi connectivity index (χ0n) is 18.4. The van der Waals surface area contributed by atoms with Gasteiger partial charge in [0, 0.05) is 24.5 Å². The van der Waals surface area contributed by atoms with Crippen molar-refractivity contribution in [2.75, 3.05) is 0 Å². The number of aromatic nitrogens is 1. The van der Waals surface area contributed by atoms with E-state index in [9.17, 15) is 9.90 Å². The quantitative estimate of drug-likeness (QED) is 0.452. The number of rotatable bonds is 5. The lowest BCUT2D eigenvalue weighted by molar-refractivity contribution is 0.0112. The highest BCUT2D eigenvalue weighted by Crippen LogP contribution is 2.35. The zero-order valence-corrected chi connectivity index (χ0v) is 18.4. The summed E-state index contributed by atoms with van der Waals surface area (Å²) in [6.07, 6.45) is 8.15. The predicted octanol–water partition coefficient (Wildman–Crippen LogP) is 4.81. The lowest BCUT2D eigenvalue weighted by Gasteiger charge is -2.36. The van der Waals surface area contributed by atoms with Gasteiger partial charge in [0.15, 0.2) is 0 Å². The number of para-hydroxylation sites is 1. The molecule has 0 saturated heterocycles. The zero-order chi connectivity index (χ0) is 21.9. The Hall–Kier alpha value is -2.89. The minimum atomic E-state index is -0.853. The number of hydrogen-bond donors (Lipinski definition) is 2. The van der Waals surface area contributed by atoms with Gasteiger partial charge in [0.25, 0.3) is 5.91 Å². The molecular weight excluding hydrogens is 398 g/mol. The van der Waals surface area contributed by atoms with Gasteiger partial charge in [-0.05, 0) is 42.7 Å². The Balaban J connectivity index is 1.55. The summed E-state index contributed by atoms with van der Waals surface area (Å²) < 4.78 is 2.06. The van der Waals surface area contributed by atoms with Gasteiger partial charge < -0.3 is 14.6 Å². The molecule has 0 bridgehead atoms. The fraction of sp³-hybridized carbons (Fsp3) is 0.370. The van der Waals surface area contributed by atoms with Crippen LogP contribution in [0.15, 0.2) is 72.9 Å². The van der Waals surface area contributed by atoms with Crippen LogP contribution in [0.25, 0.3) is 5.69 Å². The van der Waals surface area contributed by atoms with E-state index in [4.69, 9.17) is 0 Å². The van der Waals surface area contributed by atoms with Gasteiger partial charge in [0.05, 0.1) is 11.3 Å². The van der Waals surface area contributed by atoms with Gasteiger partial charge in [-0.3, -0.25) is 10.1 Å². The molecule has 2 N–H and O–H groups in total. The highest BCUT2D eigenvalue weighted by atomic mass is 16.3. The van der Waals surface area contributed by atoms with Gasteiger partial charge in [0.1, 0.15) is 12.3 Å². The van der Waals surface area contributed by atoms with Crippen molar-refractivity contribution in [3.05, 3.63) is 89.7 Å². The van der Waals surface area contributed by atoms with Gasteiger partial charge in [-0.1, -0.05) is 68.1 Å². The lowest BCUT2D eigenvalue weighted by Crippen LogP contribution is -2.49. The molecule has 5 nitrogen and oxygen atoms in total. The Morgan fingerprint density at radius 1 is 0.906 bits per heavy atom. The topological polar surface area (TPSA) is 57.5 Å². The van der Waals surface area contributed by atoms with Gasteiger partial charge >= 0.3 is 0 Å². The van der Waals surface area contributed by atoms with Crippen LogP contribution < -0.4 is 5.32 Å². The highest BCUT2D eigenvalue weighted by molar-refractivity contribution is 5.98. The van der Waals surface area contributed by atoms with Crippen LogP contribution in [-0.4, -0.2) is 32.8 Å². The number of benzene rings is 2. The van der Waals surface area contributed by atoms with Crippen molar-refractivity contribution in [3.63, 3.8) is 0 Å². The van der Waals surface area contributed by atoms with Crippen LogP contribution >= 0.6 is 0 Å². The monoisotopic (exact) mass is 429 g/mol. The molecule has 1 amide bonds. The van der Waals surface area contributed by atoms with E-state index in [1.807, 2.05) is 77.8 Å². The molecule has 1 aliphatic heterocycles. The molecule has 1 saturated carbocycles. The van der Waals surface area contributed by atoms with Crippen LogP contribution in [0.4, 0.5) is 0 Å². The molecule has 1 aromatic heterocycles. The Kier molecular flexibility index (Phi) is 6.10. The van der Waals surface area contributed by atoms with Gasteiger partial charge in [-0.2, -0.15) is 0 Å². The number of carbonyl (C=O) groups is 1. The van der Waals surface area contributed by atoms with E-state index >= 15 is 0 Å². The number of fused-ring (bicyclic) bond motifs is 3. The maximum absolute atomic E-state index is 13.8. The molecule has 2 aromatic carbocycles. The number of carbonyl (C=O) groups excluding carboxylic acids is 1. The number of nitrogens with one attached hydrogen (secondary N) is 1. The minimum Gasteiger partial charge on any atom is -0.376 e.